The molecule has 0 radical (unpaired) electrons. The van der Waals surface area contributed by atoms with E-state index < -0.39 is 0 Å². The molecule has 0 spiro atoms. The summed E-state index contributed by atoms with van der Waals surface area (Å²) in [7, 11) is 0. The quantitative estimate of drug-likeness (QED) is 0.165. The summed E-state index contributed by atoms with van der Waals surface area (Å²) in [6.07, 6.45) is 3.55. The number of thiazole rings is 1. The maximum absolute atomic E-state index is 11.6. The number of nitrogens with zero attached hydrogens (tertiary/aromatic N) is 2. The van der Waals surface area contributed by atoms with Crippen molar-refractivity contribution in [2.45, 2.75) is 72.0 Å². The van der Waals surface area contributed by atoms with Crippen LogP contribution in [0.1, 0.15) is 64.3 Å². The number of likely N-dealkylation sites (tertiary alicyclic amines) is 1. The van der Waals surface area contributed by atoms with Crippen molar-refractivity contribution in [3.63, 3.8) is 0 Å². The topological polar surface area (TPSA) is 139 Å². The van der Waals surface area contributed by atoms with Crippen molar-refractivity contribution in [2.24, 2.45) is 11.1 Å². The normalized spacial score (nSPS) is 16.2. The molecular weight excluding hydrogens is 566 g/mol. The Morgan fingerprint density at radius 3 is 2.51 bits per heavy atom. The van der Waals surface area contributed by atoms with E-state index in [1.54, 1.807) is 16.2 Å². The summed E-state index contributed by atoms with van der Waals surface area (Å²) in [5.74, 6) is -0.0692. The number of benzene rings is 1. The lowest BCUT2D eigenvalue weighted by atomic mass is 9.88. The molecule has 10 nitrogen and oxygen atoms in total. The van der Waals surface area contributed by atoms with E-state index in [9.17, 15) is 14.7 Å². The largest absolute Gasteiger partial charge is 0.394 e. The Hall–Kier alpha value is -2.83. The minimum Gasteiger partial charge on any atom is -0.394 e. The average molecular weight is 618 g/mol. The number of aryl methyl sites for hydroxylation is 1. The molecule has 1 fully saturated rings. The van der Waals surface area contributed by atoms with Gasteiger partial charge in [-0.25, -0.2) is 4.98 Å². The first-order valence-electron chi connectivity index (χ1n) is 14.9. The second-order valence-electron chi connectivity index (χ2n) is 11.8. The molecule has 1 aromatic heterocycles. The molecule has 5 N–H and O–H groups in total. The molecule has 3 unspecified atom stereocenters. The molecule has 11 heteroatoms. The molecule has 2 heterocycles. The molecule has 43 heavy (non-hydrogen) atoms. The van der Waals surface area contributed by atoms with Gasteiger partial charge in [-0.15, -0.1) is 11.3 Å². The maximum Gasteiger partial charge on any atom is 0.246 e. The highest BCUT2D eigenvalue weighted by molar-refractivity contribution is 7.13. The van der Waals surface area contributed by atoms with E-state index in [1.807, 2.05) is 31.5 Å². The second-order valence-corrected chi connectivity index (χ2v) is 12.6. The van der Waals surface area contributed by atoms with E-state index >= 15 is 0 Å². The molecule has 1 aromatic carbocycles. The highest BCUT2D eigenvalue weighted by Crippen LogP contribution is 2.29. The number of carbonyl (C=O) groups excluding carboxylic acids is 2. The van der Waals surface area contributed by atoms with Crippen molar-refractivity contribution in [2.75, 3.05) is 46.1 Å². The van der Waals surface area contributed by atoms with Crippen LogP contribution >= 0.6 is 11.3 Å². The van der Waals surface area contributed by atoms with E-state index in [1.165, 1.54) is 0 Å². The van der Waals surface area contributed by atoms with Crippen LogP contribution in [0, 0.1) is 12.3 Å². The maximum atomic E-state index is 11.6. The number of hydrogen-bond donors (Lipinski definition) is 4. The van der Waals surface area contributed by atoms with Crippen LogP contribution in [-0.2, 0) is 19.1 Å². The third-order valence-electron chi connectivity index (χ3n) is 7.44. The molecule has 1 saturated heterocycles. The van der Waals surface area contributed by atoms with Gasteiger partial charge in [-0.1, -0.05) is 51.6 Å². The van der Waals surface area contributed by atoms with Gasteiger partial charge in [0.25, 0.3) is 0 Å². The van der Waals surface area contributed by atoms with Crippen LogP contribution in [0.3, 0.4) is 0 Å². The zero-order chi connectivity index (χ0) is 31.8. The number of carbonyl (C=O) groups is 2. The van der Waals surface area contributed by atoms with E-state index in [-0.39, 0.29) is 42.7 Å². The lowest BCUT2D eigenvalue weighted by Crippen LogP contribution is -2.43. The van der Waals surface area contributed by atoms with Crippen molar-refractivity contribution >= 4 is 23.7 Å². The van der Waals surface area contributed by atoms with Crippen molar-refractivity contribution < 1.29 is 24.2 Å². The third kappa shape index (κ3) is 12.4. The Morgan fingerprint density at radius 1 is 1.23 bits per heavy atom. The number of amides is 2. The molecule has 0 saturated carbocycles. The third-order valence-corrected chi connectivity index (χ3v) is 8.42. The molecule has 0 bridgehead atoms. The molecular formula is C32H51N5O5S. The summed E-state index contributed by atoms with van der Waals surface area (Å²) in [5, 5.41) is 16.0. The molecule has 3 atom stereocenters. The van der Waals surface area contributed by atoms with Gasteiger partial charge in [0.05, 0.1) is 41.4 Å². The van der Waals surface area contributed by atoms with Crippen LogP contribution in [0.25, 0.3) is 10.4 Å². The average Bonchev–Trinajstić information content (AvgIpc) is 3.64. The van der Waals surface area contributed by atoms with Crippen LogP contribution in [0.5, 0.6) is 0 Å². The summed E-state index contributed by atoms with van der Waals surface area (Å²) in [6, 6.07) is 8.03. The Labute approximate surface area is 261 Å². The summed E-state index contributed by atoms with van der Waals surface area (Å²) in [4.78, 5) is 29.9. The summed E-state index contributed by atoms with van der Waals surface area (Å²) in [5.41, 5.74) is 11.1. The molecule has 2 aromatic rings. The summed E-state index contributed by atoms with van der Waals surface area (Å²) >= 11 is 1.62. The van der Waals surface area contributed by atoms with Crippen LogP contribution in [-0.4, -0.2) is 85.5 Å². The fourth-order valence-corrected chi connectivity index (χ4v) is 5.21. The lowest BCUT2D eigenvalue weighted by Gasteiger charge is -2.28. The van der Waals surface area contributed by atoms with Crippen LogP contribution < -0.4 is 16.4 Å². The zero-order valence-corrected chi connectivity index (χ0v) is 27.3. The van der Waals surface area contributed by atoms with E-state index in [4.69, 9.17) is 15.2 Å². The predicted octanol–water partition coefficient (Wildman–Crippen LogP) is 3.80. The number of aliphatic hydroxyl groups is 1. The van der Waals surface area contributed by atoms with Crippen molar-refractivity contribution in [1.29, 1.82) is 0 Å². The van der Waals surface area contributed by atoms with Crippen molar-refractivity contribution in [3.8, 4) is 10.4 Å². The first-order valence-corrected chi connectivity index (χ1v) is 15.8. The van der Waals surface area contributed by atoms with Gasteiger partial charge in [-0.3, -0.25) is 9.59 Å². The van der Waals surface area contributed by atoms with Gasteiger partial charge < -0.3 is 35.8 Å². The first-order chi connectivity index (χ1) is 20.5. The van der Waals surface area contributed by atoms with Gasteiger partial charge in [0.15, 0.2) is 0 Å². The van der Waals surface area contributed by atoms with Gasteiger partial charge in [-0.2, -0.15) is 0 Å². The monoisotopic (exact) mass is 617 g/mol. The van der Waals surface area contributed by atoms with Gasteiger partial charge >= 0.3 is 0 Å². The summed E-state index contributed by atoms with van der Waals surface area (Å²) < 4.78 is 10.5. The fourth-order valence-electron chi connectivity index (χ4n) is 4.40. The van der Waals surface area contributed by atoms with E-state index in [0.717, 1.165) is 59.6 Å². The fraction of sp³-hybridized carbons (Fsp3) is 0.594. The summed E-state index contributed by atoms with van der Waals surface area (Å²) in [6.45, 7) is 17.5. The lowest BCUT2D eigenvalue weighted by molar-refractivity contribution is -0.127. The van der Waals surface area contributed by atoms with Gasteiger partial charge in [-0.05, 0) is 49.7 Å². The Kier molecular flexibility index (Phi) is 15.9. The number of nitrogens with two attached hydrogens (primary N) is 1. The first kappa shape index (κ1) is 36.4. The predicted molar refractivity (Wildman–Crippen MR) is 173 cm³/mol. The Bertz CT molecular complexity index is 1120. The molecule has 0 aliphatic carbocycles. The number of rotatable bonds is 16. The molecule has 1 aliphatic rings. The van der Waals surface area contributed by atoms with E-state index in [0.29, 0.717) is 26.4 Å². The van der Waals surface area contributed by atoms with E-state index in [2.05, 4.69) is 55.1 Å². The highest BCUT2D eigenvalue weighted by atomic mass is 32.1. The second kappa shape index (κ2) is 18.7. The highest BCUT2D eigenvalue weighted by Gasteiger charge is 2.27. The zero-order valence-electron chi connectivity index (χ0n) is 26.4. The minimum atomic E-state index is -0.238. The molecule has 2 amide bonds. The van der Waals surface area contributed by atoms with Crippen LogP contribution in [0.15, 0.2) is 42.1 Å². The number of nitrogens with one attached hydrogen (secondary N) is 2. The minimum absolute atomic E-state index is 0.00525. The number of aliphatic hydroxyl groups excluding tert-OH is 1. The van der Waals surface area contributed by atoms with Crippen molar-refractivity contribution in [1.82, 2.24) is 20.5 Å². The molecule has 3 rings (SSSR count). The van der Waals surface area contributed by atoms with Crippen LogP contribution in [0.4, 0.5) is 0 Å². The standard InChI is InChI=1S/C19H23N3O2S.C13H28N2O3/c1-13(18-4-3-9-22(18)12-24)21-17(10-23)15-5-7-16(8-6-15)19-14(2)20-11-25-19;1-11(13(2,3)4)15-12(16)10-18-8-5-7-17-9-6-14/h5-8,11-12,17-18,21,23H,1,3-4,9-10H2,2H3;11H,5-10,14H2,1-4H3,(H,15,16). The smallest absolute Gasteiger partial charge is 0.246 e. The molecule has 240 valence electrons. The number of hydrogen-bond acceptors (Lipinski definition) is 9. The molecule has 1 aliphatic heterocycles. The number of aromatic nitrogens is 1. The SMILES string of the molecule is C=C(NC(CO)c1ccc(-c2scnc2C)cc1)C1CCCN1C=O.CC(NC(=O)COCCCOCCN)C(C)(C)C. The van der Waals surface area contributed by atoms with Gasteiger partial charge in [0.2, 0.25) is 12.3 Å². The Morgan fingerprint density at radius 2 is 1.93 bits per heavy atom. The van der Waals surface area contributed by atoms with Crippen molar-refractivity contribution in [3.05, 3.63) is 53.3 Å². The van der Waals surface area contributed by atoms with Gasteiger partial charge in [0, 0.05) is 38.0 Å². The van der Waals surface area contributed by atoms with Gasteiger partial charge in [0.1, 0.15) is 6.61 Å². The van der Waals surface area contributed by atoms with Crippen LogP contribution in [0.2, 0.25) is 0 Å². The number of ether oxygens (including phenoxy) is 2. The Balaban J connectivity index is 0.000000320.